The summed E-state index contributed by atoms with van der Waals surface area (Å²) in [5, 5.41) is 45.3. The summed E-state index contributed by atoms with van der Waals surface area (Å²) < 4.78 is 60.0. The molecule has 4 N–H and O–H groups in total. The Morgan fingerprint density at radius 2 is 1.79 bits per heavy atom. The fourth-order valence-corrected chi connectivity index (χ4v) is 7.02. The first kappa shape index (κ1) is 29.5. The highest BCUT2D eigenvalue weighted by atomic mass is 19.2. The number of nitrogens with one attached hydrogen (secondary N) is 1. The van der Waals surface area contributed by atoms with Gasteiger partial charge in [0, 0.05) is 36.1 Å². The number of aromatic nitrogens is 4. The molecule has 43 heavy (non-hydrogen) atoms. The van der Waals surface area contributed by atoms with Gasteiger partial charge in [0.1, 0.15) is 35.8 Å². The van der Waals surface area contributed by atoms with Gasteiger partial charge in [-0.25, -0.2) is 22.6 Å². The number of ether oxygens (including phenoxy) is 2. The van der Waals surface area contributed by atoms with Gasteiger partial charge in [-0.3, -0.25) is 0 Å². The molecule has 3 aliphatic carbocycles. The molecule has 2 bridgehead atoms. The SMILES string of the molecule is CO[C@@H]1[C@@H](n2cc(-c3cc(F)c(F)c(F)c3)nn2)[C@@H](O)[C@@H](CO)O[C@@H]1Cc1cc(C23CCC(NC(=O)O)(CC2)CC3)on1. The van der Waals surface area contributed by atoms with Crippen LogP contribution in [0.4, 0.5) is 18.0 Å². The fraction of sp³-hybridized carbons (Fsp3) is 0.571. The molecule has 1 aromatic carbocycles. The first-order valence-corrected chi connectivity index (χ1v) is 14.1. The predicted molar refractivity (Wildman–Crippen MR) is 140 cm³/mol. The van der Waals surface area contributed by atoms with E-state index in [1.807, 2.05) is 6.07 Å². The molecule has 3 aromatic rings. The minimum atomic E-state index is -1.60. The van der Waals surface area contributed by atoms with Crippen LogP contribution in [0.3, 0.4) is 0 Å². The lowest BCUT2D eigenvalue weighted by Crippen LogP contribution is -2.57. The van der Waals surface area contributed by atoms with Gasteiger partial charge in [0.15, 0.2) is 17.5 Å². The second-order valence-electron chi connectivity index (χ2n) is 11.8. The van der Waals surface area contributed by atoms with Crippen LogP contribution < -0.4 is 5.32 Å². The summed E-state index contributed by atoms with van der Waals surface area (Å²) in [5.74, 6) is -3.63. The third-order valence-electron chi connectivity index (χ3n) is 9.44. The molecule has 0 radical (unpaired) electrons. The fourth-order valence-electron chi connectivity index (χ4n) is 7.02. The van der Waals surface area contributed by atoms with Crippen molar-refractivity contribution >= 4 is 6.09 Å². The lowest BCUT2D eigenvalue weighted by molar-refractivity contribution is -0.212. The highest BCUT2D eigenvalue weighted by molar-refractivity contribution is 5.65. The number of methoxy groups -OCH3 is 1. The topological polar surface area (TPSA) is 165 Å². The molecule has 5 atom stereocenters. The maximum absolute atomic E-state index is 13.8. The third kappa shape index (κ3) is 5.28. The van der Waals surface area contributed by atoms with Crippen LogP contribution in [-0.4, -0.2) is 85.2 Å². The summed E-state index contributed by atoms with van der Waals surface area (Å²) >= 11 is 0. The van der Waals surface area contributed by atoms with E-state index in [4.69, 9.17) is 14.0 Å². The lowest BCUT2D eigenvalue weighted by atomic mass is 9.56. The zero-order chi connectivity index (χ0) is 30.5. The average molecular weight is 608 g/mol. The van der Waals surface area contributed by atoms with Crippen molar-refractivity contribution < 1.29 is 47.3 Å². The molecule has 1 amide bonds. The number of hydrogen-bond donors (Lipinski definition) is 4. The standard InChI is InChI=1S/C28H32F3N5O7/c1-41-25-19(10-15-11-21(43-34-15)27-2-5-28(6-3-27,7-4-27)32-26(39)40)42-20(13-37)24(38)23(25)36-12-18(33-35-36)14-8-16(29)22(31)17(30)9-14/h8-9,11-12,19-20,23-25,32,37-38H,2-7,10,13H2,1H3,(H,39,40)/t19-,20-,23+,24+,25+,27?,28?/m1/s1. The van der Waals surface area contributed by atoms with Crippen molar-refractivity contribution in [3.05, 3.63) is 53.3 Å². The van der Waals surface area contributed by atoms with Crippen LogP contribution in [0.2, 0.25) is 0 Å². The van der Waals surface area contributed by atoms with Gasteiger partial charge in [0.05, 0.1) is 24.6 Å². The summed E-state index contributed by atoms with van der Waals surface area (Å²) in [5.41, 5.74) is -0.0704. The van der Waals surface area contributed by atoms with Crippen molar-refractivity contribution in [3.63, 3.8) is 0 Å². The maximum atomic E-state index is 13.8. The molecule has 15 heteroatoms. The number of halogens is 3. The maximum Gasteiger partial charge on any atom is 0.405 e. The zero-order valence-electron chi connectivity index (χ0n) is 23.3. The number of aliphatic hydroxyl groups is 2. The molecule has 1 aliphatic heterocycles. The van der Waals surface area contributed by atoms with E-state index in [1.165, 1.54) is 18.0 Å². The van der Waals surface area contributed by atoms with Crippen molar-refractivity contribution in [2.24, 2.45) is 0 Å². The normalized spacial score (nSPS) is 32.2. The predicted octanol–water partition coefficient (Wildman–Crippen LogP) is 2.88. The largest absolute Gasteiger partial charge is 0.465 e. The van der Waals surface area contributed by atoms with Gasteiger partial charge in [0.2, 0.25) is 0 Å². The van der Waals surface area contributed by atoms with E-state index in [-0.39, 0.29) is 23.1 Å². The van der Waals surface area contributed by atoms with Crippen LogP contribution in [0.15, 0.2) is 28.9 Å². The zero-order valence-corrected chi connectivity index (χ0v) is 23.3. The Kier molecular flexibility index (Phi) is 7.69. The van der Waals surface area contributed by atoms with E-state index >= 15 is 0 Å². The molecule has 0 unspecified atom stereocenters. The molecular formula is C28H32F3N5O7. The highest BCUT2D eigenvalue weighted by Gasteiger charge is 2.52. The summed E-state index contributed by atoms with van der Waals surface area (Å²) in [7, 11) is 1.43. The van der Waals surface area contributed by atoms with Crippen molar-refractivity contribution in [1.29, 1.82) is 0 Å². The van der Waals surface area contributed by atoms with E-state index in [9.17, 15) is 33.3 Å². The van der Waals surface area contributed by atoms with Crippen molar-refractivity contribution in [1.82, 2.24) is 25.5 Å². The van der Waals surface area contributed by atoms with E-state index in [0.717, 1.165) is 37.2 Å². The molecular weight excluding hydrogens is 575 g/mol. The average Bonchev–Trinajstić information content (AvgIpc) is 3.67. The Morgan fingerprint density at radius 1 is 1.12 bits per heavy atom. The van der Waals surface area contributed by atoms with E-state index in [2.05, 4.69) is 20.8 Å². The van der Waals surface area contributed by atoms with E-state index < -0.39 is 66.1 Å². The van der Waals surface area contributed by atoms with Crippen molar-refractivity contribution in [3.8, 4) is 11.3 Å². The highest BCUT2D eigenvalue weighted by Crippen LogP contribution is 2.53. The van der Waals surface area contributed by atoms with Gasteiger partial charge in [-0.05, 0) is 50.7 Å². The van der Waals surface area contributed by atoms with Crippen LogP contribution in [-0.2, 0) is 21.3 Å². The van der Waals surface area contributed by atoms with E-state index in [1.54, 1.807) is 0 Å². The molecule has 12 nitrogen and oxygen atoms in total. The number of fused-ring (bicyclic) bond motifs is 3. The Labute approximate surface area is 243 Å². The van der Waals surface area contributed by atoms with Gasteiger partial charge in [-0.2, -0.15) is 0 Å². The smallest absolute Gasteiger partial charge is 0.405 e. The molecule has 3 heterocycles. The second kappa shape index (κ2) is 11.2. The number of hydrogen-bond acceptors (Lipinski definition) is 9. The van der Waals surface area contributed by atoms with Crippen LogP contribution >= 0.6 is 0 Å². The van der Waals surface area contributed by atoms with Crippen LogP contribution in [0.25, 0.3) is 11.3 Å². The Balaban J connectivity index is 1.22. The van der Waals surface area contributed by atoms with Crippen LogP contribution in [0, 0.1) is 17.5 Å². The Morgan fingerprint density at radius 3 is 2.40 bits per heavy atom. The van der Waals surface area contributed by atoms with Crippen LogP contribution in [0.1, 0.15) is 56.0 Å². The van der Waals surface area contributed by atoms with E-state index in [0.29, 0.717) is 25.0 Å². The molecule has 0 spiro atoms. The number of rotatable bonds is 8. The summed E-state index contributed by atoms with van der Waals surface area (Å²) in [6.07, 6.45) is 1.11. The number of amides is 1. The van der Waals surface area contributed by atoms with Crippen molar-refractivity contribution in [2.45, 2.75) is 86.4 Å². The monoisotopic (exact) mass is 607 g/mol. The summed E-state index contributed by atoms with van der Waals surface area (Å²) in [6.45, 7) is -0.514. The molecule has 232 valence electrons. The molecule has 7 rings (SSSR count). The molecule has 1 saturated heterocycles. The van der Waals surface area contributed by atoms with Gasteiger partial charge in [-0.15, -0.1) is 5.10 Å². The first-order chi connectivity index (χ1) is 20.6. The van der Waals surface area contributed by atoms with Crippen LogP contribution in [0.5, 0.6) is 0 Å². The Hall–Kier alpha value is -3.53. The Bertz CT molecular complexity index is 1450. The van der Waals surface area contributed by atoms with Gasteiger partial charge in [0.25, 0.3) is 0 Å². The number of nitrogens with zero attached hydrogens (tertiary/aromatic N) is 4. The number of carboxylic acid groups (broad SMARTS) is 1. The summed E-state index contributed by atoms with van der Waals surface area (Å²) in [6, 6.07) is 2.54. The van der Waals surface area contributed by atoms with Gasteiger partial charge < -0.3 is 34.6 Å². The second-order valence-corrected chi connectivity index (χ2v) is 11.8. The molecule has 2 aromatic heterocycles. The minimum absolute atomic E-state index is 0.0337. The van der Waals surface area contributed by atoms with Gasteiger partial charge >= 0.3 is 6.09 Å². The number of benzene rings is 1. The van der Waals surface area contributed by atoms with Gasteiger partial charge in [-0.1, -0.05) is 10.4 Å². The molecule has 3 saturated carbocycles. The molecule has 4 aliphatic rings. The minimum Gasteiger partial charge on any atom is -0.465 e. The van der Waals surface area contributed by atoms with Crippen molar-refractivity contribution in [2.75, 3.05) is 13.7 Å². The number of carbonyl (C=O) groups is 1. The third-order valence-corrected chi connectivity index (χ3v) is 9.44. The lowest BCUT2D eigenvalue weighted by Gasteiger charge is -2.52. The first-order valence-electron chi connectivity index (χ1n) is 14.1. The number of aliphatic hydroxyl groups excluding tert-OH is 2. The quantitative estimate of drug-likeness (QED) is 0.280. The molecule has 4 fully saturated rings. The summed E-state index contributed by atoms with van der Waals surface area (Å²) in [4.78, 5) is 11.3.